The molecule has 35 heavy (non-hydrogen) atoms. The number of hydrogen-bond donors (Lipinski definition) is 2. The molecule has 0 saturated heterocycles. The Hall–Kier alpha value is -2.70. The highest BCUT2D eigenvalue weighted by Gasteiger charge is 2.25. The molecule has 3 heterocycles. The molecule has 0 aliphatic heterocycles. The number of hydrogen-bond acceptors (Lipinski definition) is 7. The van der Waals surface area contributed by atoms with Gasteiger partial charge in [0, 0.05) is 35.0 Å². The lowest BCUT2D eigenvalue weighted by atomic mass is 9.81. The van der Waals surface area contributed by atoms with E-state index < -0.39 is 22.7 Å². The molecule has 2 N–H and O–H groups in total. The van der Waals surface area contributed by atoms with Gasteiger partial charge in [0.1, 0.15) is 0 Å². The van der Waals surface area contributed by atoms with Crippen molar-refractivity contribution in [3.05, 3.63) is 36.3 Å². The Balaban J connectivity index is 1.71. The van der Waals surface area contributed by atoms with E-state index in [1.54, 1.807) is 19.2 Å². The minimum Gasteiger partial charge on any atom is -0.348 e. The van der Waals surface area contributed by atoms with Crippen LogP contribution in [0.4, 0.5) is 14.7 Å². The van der Waals surface area contributed by atoms with Gasteiger partial charge in [-0.2, -0.15) is 8.78 Å². The molecule has 1 aliphatic carbocycles. The fraction of sp³-hybridized carbons (Fsp3) is 0.522. The number of alkyl halides is 2. The zero-order valence-corrected chi connectivity index (χ0v) is 20.7. The summed E-state index contributed by atoms with van der Waals surface area (Å²) >= 11 is 0. The van der Waals surface area contributed by atoms with Crippen LogP contribution in [0.3, 0.4) is 0 Å². The molecule has 9 nitrogen and oxygen atoms in total. The Bertz CT molecular complexity index is 1260. The van der Waals surface area contributed by atoms with Crippen LogP contribution in [0, 0.1) is 5.92 Å². The van der Waals surface area contributed by atoms with Gasteiger partial charge in [0.2, 0.25) is 5.95 Å². The third-order valence-electron chi connectivity index (χ3n) is 6.42. The minimum absolute atomic E-state index is 0.0588. The zero-order valence-electron chi connectivity index (χ0n) is 19.9. The zero-order chi connectivity index (χ0) is 25.2. The Morgan fingerprint density at radius 1 is 1.17 bits per heavy atom. The number of ether oxygens (including phenoxy) is 1. The molecule has 12 heteroatoms. The molecule has 0 spiro atoms. The van der Waals surface area contributed by atoms with Gasteiger partial charge in [0.15, 0.2) is 5.03 Å². The van der Waals surface area contributed by atoms with Gasteiger partial charge >= 0.3 is 6.61 Å². The number of halogens is 2. The van der Waals surface area contributed by atoms with Gasteiger partial charge in [-0.15, -0.1) is 5.10 Å². The maximum absolute atomic E-state index is 12.4. The monoisotopic (exact) mass is 508 g/mol. The molecule has 0 amide bonds. The highest BCUT2D eigenvalue weighted by molar-refractivity contribution is 7.89. The summed E-state index contributed by atoms with van der Waals surface area (Å²) < 4.78 is 57.4. The highest BCUT2D eigenvalue weighted by atomic mass is 32.2. The summed E-state index contributed by atoms with van der Waals surface area (Å²) in [6.07, 6.45) is 7.54. The lowest BCUT2D eigenvalue weighted by molar-refractivity contribution is -0.130. The smallest absolute Gasteiger partial charge is 0.345 e. The average molecular weight is 509 g/mol. The van der Waals surface area contributed by atoms with Crippen molar-refractivity contribution in [2.45, 2.75) is 63.1 Å². The number of nitrogens with zero attached hydrogens (tertiary/aromatic N) is 4. The maximum atomic E-state index is 12.4. The molecular formula is C23H30F2N6O3S. The highest BCUT2D eigenvalue weighted by Crippen LogP contribution is 2.39. The van der Waals surface area contributed by atoms with E-state index >= 15 is 0 Å². The second kappa shape index (κ2) is 10.5. The molecule has 1 fully saturated rings. The molecule has 0 bridgehead atoms. The van der Waals surface area contributed by atoms with Crippen LogP contribution in [-0.2, 0) is 14.8 Å². The lowest BCUT2D eigenvalue weighted by Crippen LogP contribution is -2.25. The molecule has 190 valence electrons. The van der Waals surface area contributed by atoms with Crippen molar-refractivity contribution in [1.29, 1.82) is 0 Å². The summed E-state index contributed by atoms with van der Waals surface area (Å²) in [4.78, 5) is 8.53. The second-order valence-corrected chi connectivity index (χ2v) is 10.9. The Labute approximate surface area is 203 Å². The third kappa shape index (κ3) is 5.76. The van der Waals surface area contributed by atoms with E-state index in [9.17, 15) is 17.2 Å². The first-order chi connectivity index (χ1) is 16.7. The first-order valence-electron chi connectivity index (χ1n) is 11.6. The van der Waals surface area contributed by atoms with E-state index in [0.717, 1.165) is 48.0 Å². The van der Waals surface area contributed by atoms with E-state index in [2.05, 4.69) is 42.8 Å². The van der Waals surface area contributed by atoms with Gasteiger partial charge in [0.05, 0.1) is 18.3 Å². The molecule has 0 radical (unpaired) electrons. The van der Waals surface area contributed by atoms with Crippen LogP contribution < -0.4 is 10.0 Å². The van der Waals surface area contributed by atoms with Crippen molar-refractivity contribution in [2.75, 3.05) is 19.0 Å². The fourth-order valence-corrected chi connectivity index (χ4v) is 5.09. The van der Waals surface area contributed by atoms with Crippen LogP contribution in [0.25, 0.3) is 16.6 Å². The quantitative estimate of drug-likeness (QED) is 0.449. The molecule has 1 aliphatic rings. The Morgan fingerprint density at radius 2 is 1.91 bits per heavy atom. The van der Waals surface area contributed by atoms with Gasteiger partial charge in [-0.1, -0.05) is 19.8 Å². The number of aromatic nitrogens is 4. The van der Waals surface area contributed by atoms with Crippen molar-refractivity contribution < 1.29 is 21.9 Å². The average Bonchev–Trinajstić information content (AvgIpc) is 3.22. The molecule has 4 rings (SSSR count). The lowest BCUT2D eigenvalue weighted by Gasteiger charge is -2.25. The first kappa shape index (κ1) is 25.4. The largest absolute Gasteiger partial charge is 0.348 e. The summed E-state index contributed by atoms with van der Waals surface area (Å²) in [5.74, 6) is 1.31. The van der Waals surface area contributed by atoms with Crippen LogP contribution in [0.5, 0.6) is 0 Å². The number of sulfonamides is 1. The summed E-state index contributed by atoms with van der Waals surface area (Å²) in [6, 6.07) is 4.84. The molecule has 0 aromatic carbocycles. The molecule has 1 atom stereocenters. The van der Waals surface area contributed by atoms with Crippen LogP contribution in [0.15, 0.2) is 35.6 Å². The van der Waals surface area contributed by atoms with Gasteiger partial charge in [-0.05, 0) is 50.9 Å². The van der Waals surface area contributed by atoms with E-state index in [4.69, 9.17) is 0 Å². The summed E-state index contributed by atoms with van der Waals surface area (Å²) in [6.45, 7) is 0.958. The van der Waals surface area contributed by atoms with Gasteiger partial charge in [-0.3, -0.25) is 0 Å². The van der Waals surface area contributed by atoms with Crippen LogP contribution in [0.2, 0.25) is 0 Å². The number of anilines is 1. The molecule has 3 aromatic heterocycles. The predicted molar refractivity (Wildman–Crippen MR) is 128 cm³/mol. The first-order valence-corrected chi connectivity index (χ1v) is 13.1. The van der Waals surface area contributed by atoms with E-state index in [1.807, 2.05) is 4.52 Å². The molecule has 1 saturated carbocycles. The molecule has 3 aromatic rings. The number of pyridine rings is 1. The van der Waals surface area contributed by atoms with Crippen molar-refractivity contribution in [2.24, 2.45) is 5.92 Å². The second-order valence-electron chi connectivity index (χ2n) is 9.05. The number of fused-ring (bicyclic) bond motifs is 1. The van der Waals surface area contributed by atoms with E-state index in [0.29, 0.717) is 17.8 Å². The van der Waals surface area contributed by atoms with Crippen LogP contribution in [-0.4, -0.2) is 54.3 Å². The van der Waals surface area contributed by atoms with Crippen molar-refractivity contribution in [3.63, 3.8) is 0 Å². The van der Waals surface area contributed by atoms with Crippen LogP contribution in [0.1, 0.15) is 51.1 Å². The van der Waals surface area contributed by atoms with Crippen molar-refractivity contribution in [3.8, 4) is 11.1 Å². The van der Waals surface area contributed by atoms with E-state index in [1.165, 1.54) is 19.3 Å². The maximum Gasteiger partial charge on any atom is 0.345 e. The number of nitrogens with one attached hydrogen (secondary N) is 2. The fourth-order valence-electron chi connectivity index (χ4n) is 4.44. The summed E-state index contributed by atoms with van der Waals surface area (Å²) in [5, 5.41) is 7.64. The summed E-state index contributed by atoms with van der Waals surface area (Å²) in [5.41, 5.74) is 3.39. The standard InChI is InChI=1S/C23H30F2N6O3S/c1-14-4-6-16(7-5-14)19-10-18(17-8-9-21(27-11-17)35(32,33)26-3)20-12-28-23(30-31(19)20)29-15(2)13-34-22(24)25/h8-12,14-16,22,26H,4-7,13H2,1-3H3,(H,29,30)/t14?,15-,16?/m0/s1. The van der Waals surface area contributed by atoms with Gasteiger partial charge < -0.3 is 10.1 Å². The van der Waals surface area contributed by atoms with E-state index in [-0.39, 0.29) is 11.6 Å². The Morgan fingerprint density at radius 3 is 2.54 bits per heavy atom. The topological polar surface area (TPSA) is 111 Å². The molecule has 0 unspecified atom stereocenters. The van der Waals surface area contributed by atoms with Gasteiger partial charge in [-0.25, -0.2) is 27.6 Å². The van der Waals surface area contributed by atoms with Crippen molar-refractivity contribution in [1.82, 2.24) is 24.3 Å². The third-order valence-corrected chi connectivity index (χ3v) is 7.75. The minimum atomic E-state index is -3.64. The normalized spacial score (nSPS) is 19.8. The van der Waals surface area contributed by atoms with Gasteiger partial charge in [0.25, 0.3) is 10.0 Å². The number of rotatable bonds is 9. The Kier molecular flexibility index (Phi) is 7.62. The summed E-state index contributed by atoms with van der Waals surface area (Å²) in [7, 11) is -2.30. The SMILES string of the molecule is CNS(=O)(=O)c1ccc(-c2cc(C3CCC(C)CC3)n3nc(N[C@@H](C)COC(F)F)ncc23)cn1. The van der Waals surface area contributed by atoms with Crippen LogP contribution >= 0.6 is 0 Å². The predicted octanol–water partition coefficient (Wildman–Crippen LogP) is 4.03. The van der Waals surface area contributed by atoms with Crippen molar-refractivity contribution >= 4 is 21.5 Å². The molecular weight excluding hydrogens is 478 g/mol.